The van der Waals surface area contributed by atoms with E-state index >= 15 is 0 Å². The highest BCUT2D eigenvalue weighted by Gasteiger charge is 2.62. The molecule has 0 saturated carbocycles. The van der Waals surface area contributed by atoms with Gasteiger partial charge in [0.1, 0.15) is 0 Å². The first-order valence-electron chi connectivity index (χ1n) is 9.33. The summed E-state index contributed by atoms with van der Waals surface area (Å²) in [5, 5.41) is 4.00. The highest BCUT2D eigenvalue weighted by molar-refractivity contribution is 8.00. The Hall–Kier alpha value is -1.90. The van der Waals surface area contributed by atoms with Gasteiger partial charge in [-0.05, 0) is 42.3 Å². The van der Waals surface area contributed by atoms with Gasteiger partial charge in [0.25, 0.3) is 5.60 Å². The zero-order chi connectivity index (χ0) is 22.6. The van der Waals surface area contributed by atoms with Crippen LogP contribution in [0, 0.1) is 6.92 Å². The Morgan fingerprint density at radius 1 is 1.23 bits per heavy atom. The van der Waals surface area contributed by atoms with Crippen molar-refractivity contribution in [2.75, 3.05) is 11.5 Å². The van der Waals surface area contributed by atoms with Crippen molar-refractivity contribution in [2.45, 2.75) is 31.0 Å². The van der Waals surface area contributed by atoms with Crippen LogP contribution < -0.4 is 5.73 Å². The van der Waals surface area contributed by atoms with Crippen LogP contribution in [0.2, 0.25) is 10.0 Å². The predicted octanol–water partition coefficient (Wildman–Crippen LogP) is 5.81. The van der Waals surface area contributed by atoms with Crippen LogP contribution in [0.4, 0.5) is 13.2 Å². The summed E-state index contributed by atoms with van der Waals surface area (Å²) >= 11 is 13.7. The van der Waals surface area contributed by atoms with E-state index in [0.717, 1.165) is 17.1 Å². The van der Waals surface area contributed by atoms with Gasteiger partial charge < -0.3 is 10.6 Å². The van der Waals surface area contributed by atoms with Crippen LogP contribution in [0.25, 0.3) is 0 Å². The van der Waals surface area contributed by atoms with Crippen LogP contribution in [0.5, 0.6) is 0 Å². The first-order chi connectivity index (χ1) is 14.5. The van der Waals surface area contributed by atoms with Crippen LogP contribution in [0.15, 0.2) is 35.5 Å². The number of carbonyl (C=O) groups excluding carboxylic acids is 1. The minimum absolute atomic E-state index is 0.0667. The molecule has 0 bridgehead atoms. The summed E-state index contributed by atoms with van der Waals surface area (Å²) < 4.78 is 42.9. The summed E-state index contributed by atoms with van der Waals surface area (Å²) in [5.41, 5.74) is 5.03. The number of amides is 1. The molecule has 2 N–H and O–H groups in total. The molecule has 2 heterocycles. The minimum atomic E-state index is -4.78. The fourth-order valence-corrected chi connectivity index (χ4v) is 5.34. The molecule has 10 heteroatoms. The Bertz CT molecular complexity index is 1080. The van der Waals surface area contributed by atoms with E-state index in [1.165, 1.54) is 24.3 Å². The summed E-state index contributed by atoms with van der Waals surface area (Å²) in [7, 11) is 0. The number of nitrogens with two attached hydrogens (primary N) is 1. The molecule has 1 amide bonds. The van der Waals surface area contributed by atoms with Gasteiger partial charge in [0.15, 0.2) is 0 Å². The Labute approximate surface area is 190 Å². The molecule has 4 rings (SSSR count). The maximum atomic E-state index is 14.3. The zero-order valence-corrected chi connectivity index (χ0v) is 18.6. The lowest BCUT2D eigenvalue weighted by Crippen LogP contribution is -2.42. The number of hydrogen-bond acceptors (Lipinski definition) is 4. The maximum absolute atomic E-state index is 14.3. The van der Waals surface area contributed by atoms with Crippen molar-refractivity contribution in [2.24, 2.45) is 10.9 Å². The van der Waals surface area contributed by atoms with E-state index in [2.05, 4.69) is 5.16 Å². The average molecular weight is 489 g/mol. The largest absolute Gasteiger partial charge is 0.435 e. The minimum Gasteiger partial charge on any atom is -0.374 e. The van der Waals surface area contributed by atoms with Crippen molar-refractivity contribution in [3.8, 4) is 0 Å². The van der Waals surface area contributed by atoms with E-state index in [1.807, 2.05) is 0 Å². The molecule has 0 spiro atoms. The lowest BCUT2D eigenvalue weighted by Gasteiger charge is -2.31. The summed E-state index contributed by atoms with van der Waals surface area (Å²) in [6, 6.07) is 6.85. The molecule has 1 unspecified atom stereocenters. The number of benzene rings is 2. The van der Waals surface area contributed by atoms with E-state index in [4.69, 9.17) is 33.8 Å². The summed E-state index contributed by atoms with van der Waals surface area (Å²) in [6.45, 7) is 1.76. The highest BCUT2D eigenvalue weighted by Crippen LogP contribution is 2.50. The third kappa shape index (κ3) is 3.79. The van der Waals surface area contributed by atoms with Gasteiger partial charge in [0.2, 0.25) is 5.91 Å². The van der Waals surface area contributed by atoms with Crippen molar-refractivity contribution in [1.29, 1.82) is 0 Å². The van der Waals surface area contributed by atoms with Gasteiger partial charge in [0.05, 0.1) is 5.71 Å². The molecule has 0 aromatic heterocycles. The van der Waals surface area contributed by atoms with Crippen LogP contribution in [0.1, 0.15) is 45.0 Å². The zero-order valence-electron chi connectivity index (χ0n) is 16.2. The Morgan fingerprint density at radius 2 is 1.87 bits per heavy atom. The first kappa shape index (κ1) is 22.3. The van der Waals surface area contributed by atoms with Gasteiger partial charge in [-0.25, -0.2) is 0 Å². The molecule has 164 valence electrons. The number of halogens is 5. The van der Waals surface area contributed by atoms with Crippen molar-refractivity contribution >= 4 is 46.6 Å². The van der Waals surface area contributed by atoms with Gasteiger partial charge in [-0.2, -0.15) is 24.9 Å². The molecule has 2 aromatic carbocycles. The van der Waals surface area contributed by atoms with Gasteiger partial charge >= 0.3 is 6.18 Å². The normalized spacial score (nSPS) is 21.4. The van der Waals surface area contributed by atoms with E-state index in [0.29, 0.717) is 16.7 Å². The van der Waals surface area contributed by atoms with Crippen LogP contribution in [-0.2, 0) is 10.4 Å². The number of carbonyl (C=O) groups is 1. The monoisotopic (exact) mass is 488 g/mol. The fourth-order valence-electron chi connectivity index (χ4n) is 4.01. The van der Waals surface area contributed by atoms with Crippen LogP contribution >= 0.6 is 35.0 Å². The second-order valence-electron chi connectivity index (χ2n) is 7.59. The molecule has 4 nitrogen and oxygen atoms in total. The molecule has 0 radical (unpaired) electrons. The number of nitrogens with zero attached hydrogens (tertiary/aromatic N) is 1. The molecule has 1 saturated heterocycles. The van der Waals surface area contributed by atoms with Crippen molar-refractivity contribution < 1.29 is 22.8 Å². The molecule has 2 aliphatic heterocycles. The molecule has 1 atom stereocenters. The fraction of sp³-hybridized carbons (Fsp3) is 0.333. The quantitative estimate of drug-likeness (QED) is 0.590. The smallest absolute Gasteiger partial charge is 0.374 e. The summed E-state index contributed by atoms with van der Waals surface area (Å²) in [6.07, 6.45) is -5.32. The number of hydrogen-bond donors (Lipinski definition) is 1. The number of rotatable bonds is 4. The molecule has 2 aromatic rings. The highest BCUT2D eigenvalue weighted by atomic mass is 35.5. The first-order valence-corrected chi connectivity index (χ1v) is 11.2. The van der Waals surface area contributed by atoms with Gasteiger partial charge in [0, 0.05) is 50.6 Å². The van der Waals surface area contributed by atoms with Crippen LogP contribution in [0.3, 0.4) is 0 Å². The second-order valence-corrected chi connectivity index (χ2v) is 9.53. The number of alkyl halides is 3. The van der Waals surface area contributed by atoms with Crippen LogP contribution in [-0.4, -0.2) is 29.3 Å². The van der Waals surface area contributed by atoms with E-state index in [1.54, 1.807) is 24.8 Å². The van der Waals surface area contributed by atoms with Gasteiger partial charge in [-0.1, -0.05) is 34.4 Å². The van der Waals surface area contributed by atoms with Crippen molar-refractivity contribution in [3.05, 3.63) is 68.2 Å². The molecule has 31 heavy (non-hydrogen) atoms. The lowest BCUT2D eigenvalue weighted by molar-refractivity contribution is -0.275. The van der Waals surface area contributed by atoms with Gasteiger partial charge in [-0.3, -0.25) is 4.79 Å². The lowest BCUT2D eigenvalue weighted by atomic mass is 9.82. The Morgan fingerprint density at radius 3 is 2.39 bits per heavy atom. The number of primary amides is 1. The van der Waals surface area contributed by atoms with Crippen molar-refractivity contribution in [1.82, 2.24) is 0 Å². The molecule has 2 aliphatic rings. The SMILES string of the molecule is Cc1c(C(N)=O)ccc(C2=NOC(c3cc(Cl)cc(Cl)c3)(C(F)(F)F)C2)c1C1CSC1. The molecule has 1 fully saturated rings. The molecule has 0 aliphatic carbocycles. The molecular formula is C21H17Cl2F3N2O2S. The number of oxime groups is 1. The second kappa shape index (κ2) is 7.90. The van der Waals surface area contributed by atoms with E-state index < -0.39 is 24.1 Å². The Balaban J connectivity index is 1.81. The third-order valence-corrected chi connectivity index (χ3v) is 7.36. The number of thioether (sulfide) groups is 1. The van der Waals surface area contributed by atoms with E-state index in [-0.39, 0.29) is 27.2 Å². The summed E-state index contributed by atoms with van der Waals surface area (Å²) in [5.74, 6) is 1.13. The van der Waals surface area contributed by atoms with E-state index in [9.17, 15) is 18.0 Å². The topological polar surface area (TPSA) is 64.7 Å². The van der Waals surface area contributed by atoms with Gasteiger partial charge in [-0.15, -0.1) is 0 Å². The Kier molecular flexibility index (Phi) is 5.69. The molecular weight excluding hydrogens is 472 g/mol. The third-order valence-electron chi connectivity index (χ3n) is 5.65. The average Bonchev–Trinajstić information content (AvgIpc) is 3.07. The predicted molar refractivity (Wildman–Crippen MR) is 116 cm³/mol. The van der Waals surface area contributed by atoms with Crippen molar-refractivity contribution in [3.63, 3.8) is 0 Å². The standard InChI is InChI=1S/C21H17Cl2F3N2O2S/c1-10-15(19(27)29)2-3-16(18(10)11-8-31-9-11)17-7-20(30-28-17,21(24,25)26)12-4-13(22)6-14(23)5-12/h2-6,11H,7-9H2,1H3,(H2,27,29). The maximum Gasteiger partial charge on any atom is 0.435 e. The summed E-state index contributed by atoms with van der Waals surface area (Å²) in [4.78, 5) is 16.9.